The first kappa shape index (κ1) is 21.4. The van der Waals surface area contributed by atoms with Gasteiger partial charge in [0.05, 0.1) is 17.4 Å². The van der Waals surface area contributed by atoms with E-state index < -0.39 is 5.97 Å². The van der Waals surface area contributed by atoms with Crippen molar-refractivity contribution in [1.82, 2.24) is 5.32 Å². The monoisotopic (exact) mass is 404 g/mol. The second-order valence-electron chi connectivity index (χ2n) is 7.26. The maximum Gasteiger partial charge on any atom is 0.335 e. The number of rotatable bonds is 5. The second-order valence-corrected chi connectivity index (χ2v) is 7.26. The van der Waals surface area contributed by atoms with Crippen LogP contribution in [0.2, 0.25) is 0 Å². The molecule has 3 aromatic carbocycles. The molecule has 5 nitrogen and oxygen atoms in total. The zero-order valence-electron chi connectivity index (χ0n) is 17.2. The van der Waals surface area contributed by atoms with Crippen LogP contribution in [0.15, 0.2) is 84.2 Å². The Balaban J connectivity index is 0.000000239. The van der Waals surface area contributed by atoms with Crippen LogP contribution in [-0.2, 0) is 11.3 Å². The molecule has 3 aromatic rings. The largest absolute Gasteiger partial charge is 0.478 e. The van der Waals surface area contributed by atoms with Crippen molar-refractivity contribution in [2.24, 2.45) is 5.73 Å². The lowest BCUT2D eigenvalue weighted by Gasteiger charge is -2.27. The fraction of sp³-hybridized carbons (Fsp3) is 0.240. The van der Waals surface area contributed by atoms with E-state index in [9.17, 15) is 4.79 Å². The minimum atomic E-state index is -0.879. The average molecular weight is 405 g/mol. The molecule has 0 aromatic heterocycles. The number of ether oxygens (including phenoxy) is 1. The van der Waals surface area contributed by atoms with Gasteiger partial charge >= 0.3 is 5.97 Å². The molecule has 4 N–H and O–H groups in total. The average Bonchev–Trinajstić information content (AvgIpc) is 2.79. The van der Waals surface area contributed by atoms with E-state index in [1.165, 1.54) is 16.3 Å². The zero-order valence-corrected chi connectivity index (χ0v) is 17.2. The van der Waals surface area contributed by atoms with Gasteiger partial charge in [-0.2, -0.15) is 0 Å². The van der Waals surface area contributed by atoms with Crippen LogP contribution in [-0.4, -0.2) is 24.3 Å². The highest BCUT2D eigenvalue weighted by molar-refractivity contribution is 5.87. The first-order valence-electron chi connectivity index (χ1n) is 10.1. The number of nitrogens with two attached hydrogens (primary N) is 1. The Morgan fingerprint density at radius 3 is 2.43 bits per heavy atom. The minimum absolute atomic E-state index is 0.110. The summed E-state index contributed by atoms with van der Waals surface area (Å²) in [4.78, 5) is 10.2. The molecule has 0 spiro atoms. The lowest BCUT2D eigenvalue weighted by atomic mass is 9.98. The smallest absolute Gasteiger partial charge is 0.335 e. The molecular weight excluding hydrogens is 376 g/mol. The number of allylic oxidation sites excluding steroid dienone is 1. The summed E-state index contributed by atoms with van der Waals surface area (Å²) in [7, 11) is 1.75. The van der Waals surface area contributed by atoms with Gasteiger partial charge in [-0.1, -0.05) is 54.6 Å². The van der Waals surface area contributed by atoms with Crippen molar-refractivity contribution in [2.75, 3.05) is 7.11 Å². The van der Waals surface area contributed by atoms with E-state index in [4.69, 9.17) is 15.6 Å². The quantitative estimate of drug-likeness (QED) is 0.575. The molecular formula is C25H28N2O3. The minimum Gasteiger partial charge on any atom is -0.478 e. The molecule has 1 aliphatic carbocycles. The molecule has 0 heterocycles. The van der Waals surface area contributed by atoms with Gasteiger partial charge in [-0.3, -0.25) is 0 Å². The van der Waals surface area contributed by atoms with Crippen LogP contribution in [0.1, 0.15) is 35.2 Å². The van der Waals surface area contributed by atoms with Gasteiger partial charge in [0.15, 0.2) is 0 Å². The molecule has 30 heavy (non-hydrogen) atoms. The van der Waals surface area contributed by atoms with Crippen LogP contribution in [0.4, 0.5) is 0 Å². The normalized spacial score (nSPS) is 16.0. The van der Waals surface area contributed by atoms with Crippen LogP contribution in [0.3, 0.4) is 0 Å². The van der Waals surface area contributed by atoms with Gasteiger partial charge in [0.2, 0.25) is 0 Å². The van der Waals surface area contributed by atoms with Crippen LogP contribution in [0, 0.1) is 0 Å². The van der Waals surface area contributed by atoms with E-state index in [1.807, 2.05) is 0 Å². The van der Waals surface area contributed by atoms with Gasteiger partial charge in [0.25, 0.3) is 0 Å². The van der Waals surface area contributed by atoms with E-state index in [2.05, 4.69) is 47.8 Å². The van der Waals surface area contributed by atoms with Crippen LogP contribution in [0.5, 0.6) is 0 Å². The summed E-state index contributed by atoms with van der Waals surface area (Å²) < 4.78 is 5.53. The van der Waals surface area contributed by atoms with E-state index in [1.54, 1.807) is 37.4 Å². The Morgan fingerprint density at radius 1 is 1.07 bits per heavy atom. The third kappa shape index (κ3) is 5.61. The summed E-state index contributed by atoms with van der Waals surface area (Å²) in [6, 6.07) is 23.3. The van der Waals surface area contributed by atoms with E-state index in [0.29, 0.717) is 5.56 Å². The lowest BCUT2D eigenvalue weighted by Crippen LogP contribution is -2.32. The van der Waals surface area contributed by atoms with Gasteiger partial charge in [-0.05, 0) is 53.8 Å². The molecule has 0 fully saturated rings. The van der Waals surface area contributed by atoms with Crippen molar-refractivity contribution in [2.45, 2.75) is 31.9 Å². The molecule has 1 unspecified atom stereocenters. The fourth-order valence-corrected chi connectivity index (χ4v) is 3.55. The highest BCUT2D eigenvalue weighted by atomic mass is 16.5. The van der Waals surface area contributed by atoms with E-state index in [-0.39, 0.29) is 6.10 Å². The Morgan fingerprint density at radius 2 is 1.77 bits per heavy atom. The van der Waals surface area contributed by atoms with Crippen LogP contribution in [0.25, 0.3) is 10.8 Å². The van der Waals surface area contributed by atoms with Gasteiger partial charge in [0, 0.05) is 19.4 Å². The van der Waals surface area contributed by atoms with Crippen LogP contribution < -0.4 is 11.1 Å². The number of hydrogen-bond acceptors (Lipinski definition) is 4. The fourth-order valence-electron chi connectivity index (χ4n) is 3.55. The number of carboxylic acids is 1. The van der Waals surface area contributed by atoms with Crippen molar-refractivity contribution in [1.29, 1.82) is 0 Å². The number of methoxy groups -OCH3 is 1. The number of carbonyl (C=O) groups is 1. The number of aromatic carboxylic acids is 1. The van der Waals surface area contributed by atoms with Crippen molar-refractivity contribution < 1.29 is 14.6 Å². The standard InChI is InChI=1S/C18H22N2O.C7H6O2/c1-21-17-8-4-7-16(19)18(17)20-12-13-9-10-14-5-2-3-6-15(14)11-13;8-7(9)6-4-2-1-3-5-6/h2-3,5-6,9-11,17,20H,4,7-8,12,19H2,1H3;1-5H,(H,8,9). The van der Waals surface area contributed by atoms with Gasteiger partial charge in [0.1, 0.15) is 0 Å². The molecule has 0 radical (unpaired) electrons. The summed E-state index contributed by atoms with van der Waals surface area (Å²) in [5, 5.41) is 14.4. The SMILES string of the molecule is COC1CCCC(N)=C1NCc1ccc2ccccc2c1.O=C(O)c1ccccc1. The summed E-state index contributed by atoms with van der Waals surface area (Å²) >= 11 is 0. The summed E-state index contributed by atoms with van der Waals surface area (Å²) in [5.74, 6) is -0.879. The van der Waals surface area contributed by atoms with E-state index in [0.717, 1.165) is 37.2 Å². The molecule has 5 heteroatoms. The van der Waals surface area contributed by atoms with Gasteiger partial charge in [-0.25, -0.2) is 4.79 Å². The number of fused-ring (bicyclic) bond motifs is 1. The Bertz CT molecular complexity index is 1020. The van der Waals surface area contributed by atoms with Crippen LogP contribution >= 0.6 is 0 Å². The first-order valence-corrected chi connectivity index (χ1v) is 10.1. The first-order chi connectivity index (χ1) is 14.6. The van der Waals surface area contributed by atoms with Crippen molar-refractivity contribution in [3.63, 3.8) is 0 Å². The molecule has 1 atom stereocenters. The molecule has 0 amide bonds. The second kappa shape index (κ2) is 10.5. The number of benzene rings is 3. The maximum absolute atomic E-state index is 10.2. The summed E-state index contributed by atoms with van der Waals surface area (Å²) in [5.41, 5.74) is 9.73. The molecule has 0 aliphatic heterocycles. The maximum atomic E-state index is 10.2. The Hall–Kier alpha value is -3.31. The Labute approximate surface area is 177 Å². The molecule has 4 rings (SSSR count). The van der Waals surface area contributed by atoms with Crippen molar-refractivity contribution >= 4 is 16.7 Å². The summed E-state index contributed by atoms with van der Waals surface area (Å²) in [6.07, 6.45) is 3.21. The topological polar surface area (TPSA) is 84.6 Å². The number of carboxylic acid groups (broad SMARTS) is 1. The predicted octanol–water partition coefficient (Wildman–Crippen LogP) is 4.68. The molecule has 156 valence electrons. The highest BCUT2D eigenvalue weighted by Crippen LogP contribution is 2.23. The lowest BCUT2D eigenvalue weighted by molar-refractivity contribution is 0.0697. The number of hydrogen-bond donors (Lipinski definition) is 3. The number of nitrogens with one attached hydrogen (secondary N) is 1. The summed E-state index contributed by atoms with van der Waals surface area (Å²) in [6.45, 7) is 0.778. The van der Waals surface area contributed by atoms with Crippen molar-refractivity contribution in [3.8, 4) is 0 Å². The Kier molecular flexibility index (Phi) is 7.46. The van der Waals surface area contributed by atoms with Crippen molar-refractivity contribution in [3.05, 3.63) is 95.3 Å². The molecule has 0 saturated carbocycles. The van der Waals surface area contributed by atoms with Gasteiger partial charge < -0.3 is 20.9 Å². The highest BCUT2D eigenvalue weighted by Gasteiger charge is 2.21. The van der Waals surface area contributed by atoms with Gasteiger partial charge in [-0.15, -0.1) is 0 Å². The molecule has 0 bridgehead atoms. The predicted molar refractivity (Wildman–Crippen MR) is 120 cm³/mol. The third-order valence-electron chi connectivity index (χ3n) is 5.18. The molecule has 1 aliphatic rings. The third-order valence-corrected chi connectivity index (χ3v) is 5.18. The van der Waals surface area contributed by atoms with E-state index >= 15 is 0 Å². The molecule has 0 saturated heterocycles. The zero-order chi connectivity index (χ0) is 21.3.